The van der Waals surface area contributed by atoms with Gasteiger partial charge in [-0.25, -0.2) is 8.42 Å². The van der Waals surface area contributed by atoms with E-state index in [2.05, 4.69) is 11.7 Å². The topological polar surface area (TPSA) is 104 Å². The molecule has 1 aromatic rings. The monoisotopic (exact) mass is 424 g/mol. The van der Waals surface area contributed by atoms with Crippen molar-refractivity contribution in [2.24, 2.45) is 5.92 Å². The number of aryl methyl sites for hydroxylation is 2. The van der Waals surface area contributed by atoms with Crippen LogP contribution in [0.3, 0.4) is 0 Å². The van der Waals surface area contributed by atoms with Crippen LogP contribution in [0, 0.1) is 19.8 Å². The average Bonchev–Trinajstić information content (AvgIpc) is 3.23. The van der Waals surface area contributed by atoms with Crippen LogP contribution in [0.2, 0.25) is 0 Å². The van der Waals surface area contributed by atoms with Crippen LogP contribution in [0.4, 0.5) is 0 Å². The molecule has 2 aliphatic rings. The van der Waals surface area contributed by atoms with Crippen molar-refractivity contribution in [3.8, 4) is 0 Å². The molecule has 0 bridgehead atoms. The maximum Gasteiger partial charge on any atom is 0.248 e. The van der Waals surface area contributed by atoms with Gasteiger partial charge < -0.3 is 14.3 Å². The summed E-state index contributed by atoms with van der Waals surface area (Å²) in [5, 5.41) is 3.74. The van der Waals surface area contributed by atoms with Crippen LogP contribution in [0.15, 0.2) is 22.1 Å². The number of aromatic nitrogens is 1. The molecule has 3 rings (SSSR count). The first-order chi connectivity index (χ1) is 13.7. The van der Waals surface area contributed by atoms with Gasteiger partial charge in [0.05, 0.1) is 5.92 Å². The molecule has 2 saturated heterocycles. The van der Waals surface area contributed by atoms with E-state index in [0.29, 0.717) is 44.6 Å². The molecule has 10 heteroatoms. The summed E-state index contributed by atoms with van der Waals surface area (Å²) in [5.74, 6) is -0.517. The highest BCUT2D eigenvalue weighted by Crippen LogP contribution is 2.29. The quantitative estimate of drug-likeness (QED) is 0.630. The number of amides is 2. The van der Waals surface area contributed by atoms with Gasteiger partial charge in [0.1, 0.15) is 16.6 Å². The third kappa shape index (κ3) is 3.95. The van der Waals surface area contributed by atoms with Crippen molar-refractivity contribution in [1.29, 1.82) is 0 Å². The zero-order valence-corrected chi connectivity index (χ0v) is 17.9. The highest BCUT2D eigenvalue weighted by Gasteiger charge is 2.41. The highest BCUT2D eigenvalue weighted by molar-refractivity contribution is 7.89. The molecule has 2 aliphatic heterocycles. The second kappa shape index (κ2) is 8.27. The number of carbonyl (C=O) groups is 2. The molecule has 2 amide bonds. The molecule has 2 fully saturated rings. The van der Waals surface area contributed by atoms with E-state index in [1.165, 1.54) is 9.21 Å². The SMILES string of the molecule is C=CCN1CC[C@@H](N(C)C(=O)[C@@H]2CCCN(S(=O)(=O)c3c(C)noc3C)C2)C1=O. The molecule has 0 unspecified atom stereocenters. The Bertz CT molecular complexity index is 890. The maximum absolute atomic E-state index is 13.1. The summed E-state index contributed by atoms with van der Waals surface area (Å²) in [5.41, 5.74) is 0.312. The molecule has 0 radical (unpaired) electrons. The van der Waals surface area contributed by atoms with E-state index in [4.69, 9.17) is 4.52 Å². The minimum absolute atomic E-state index is 0.0741. The van der Waals surface area contributed by atoms with Crippen molar-refractivity contribution in [2.45, 2.75) is 44.0 Å². The summed E-state index contributed by atoms with van der Waals surface area (Å²) < 4.78 is 32.5. The first kappa shape index (κ1) is 21.5. The van der Waals surface area contributed by atoms with E-state index in [1.54, 1.807) is 31.9 Å². The van der Waals surface area contributed by atoms with Gasteiger partial charge in [0, 0.05) is 33.2 Å². The number of piperidine rings is 1. The van der Waals surface area contributed by atoms with Gasteiger partial charge in [-0.15, -0.1) is 6.58 Å². The van der Waals surface area contributed by atoms with Crippen molar-refractivity contribution < 1.29 is 22.5 Å². The van der Waals surface area contributed by atoms with Gasteiger partial charge in [0.25, 0.3) is 0 Å². The Hall–Kier alpha value is -2.20. The minimum Gasteiger partial charge on any atom is -0.360 e. The molecule has 1 aromatic heterocycles. The second-order valence-corrected chi connectivity index (χ2v) is 9.56. The number of likely N-dealkylation sites (tertiary alicyclic amines) is 1. The van der Waals surface area contributed by atoms with Crippen molar-refractivity contribution in [3.05, 3.63) is 24.1 Å². The third-order valence-electron chi connectivity index (χ3n) is 5.73. The zero-order valence-electron chi connectivity index (χ0n) is 17.1. The summed E-state index contributed by atoms with van der Waals surface area (Å²) in [6, 6.07) is -0.503. The van der Waals surface area contributed by atoms with Crippen molar-refractivity contribution >= 4 is 21.8 Å². The number of sulfonamides is 1. The molecular formula is C19H28N4O5S. The molecule has 9 nitrogen and oxygen atoms in total. The molecule has 0 N–H and O–H groups in total. The number of hydrogen-bond donors (Lipinski definition) is 0. The lowest BCUT2D eigenvalue weighted by Gasteiger charge is -2.34. The molecule has 0 aliphatic carbocycles. The Kier molecular flexibility index (Phi) is 6.13. The minimum atomic E-state index is -3.80. The fraction of sp³-hybridized carbons (Fsp3) is 0.632. The predicted molar refractivity (Wildman–Crippen MR) is 105 cm³/mol. The van der Waals surface area contributed by atoms with Gasteiger partial charge in [0.15, 0.2) is 5.76 Å². The summed E-state index contributed by atoms with van der Waals surface area (Å²) in [7, 11) is -2.17. The first-order valence-corrected chi connectivity index (χ1v) is 11.2. The smallest absolute Gasteiger partial charge is 0.248 e. The zero-order chi connectivity index (χ0) is 21.3. The van der Waals surface area contributed by atoms with Crippen molar-refractivity contribution in [1.82, 2.24) is 19.3 Å². The summed E-state index contributed by atoms with van der Waals surface area (Å²) in [6.07, 6.45) is 3.41. The Morgan fingerprint density at radius 1 is 1.34 bits per heavy atom. The van der Waals surface area contributed by atoms with E-state index < -0.39 is 22.0 Å². The van der Waals surface area contributed by atoms with Crippen molar-refractivity contribution in [3.63, 3.8) is 0 Å². The number of rotatable bonds is 6. The van der Waals surface area contributed by atoms with Gasteiger partial charge >= 0.3 is 0 Å². The van der Waals surface area contributed by atoms with E-state index in [9.17, 15) is 18.0 Å². The Balaban J connectivity index is 1.73. The largest absolute Gasteiger partial charge is 0.360 e. The molecule has 2 atom stereocenters. The van der Waals surface area contributed by atoms with Crippen LogP contribution in [0.1, 0.15) is 30.7 Å². The molecule has 0 aromatic carbocycles. The van der Waals surface area contributed by atoms with E-state index >= 15 is 0 Å². The Morgan fingerprint density at radius 3 is 2.69 bits per heavy atom. The van der Waals surface area contributed by atoms with Crippen LogP contribution in [0.25, 0.3) is 0 Å². The number of carbonyl (C=O) groups excluding carboxylic acids is 2. The predicted octanol–water partition coefficient (Wildman–Crippen LogP) is 0.937. The van der Waals surface area contributed by atoms with E-state index in [1.807, 2.05) is 0 Å². The van der Waals surface area contributed by atoms with Crippen LogP contribution in [-0.2, 0) is 19.6 Å². The lowest BCUT2D eigenvalue weighted by Crippen LogP contribution is -2.50. The number of likely N-dealkylation sites (N-methyl/N-ethyl adjacent to an activating group) is 1. The number of hydrogen-bond acceptors (Lipinski definition) is 6. The lowest BCUT2D eigenvalue weighted by atomic mass is 9.97. The third-order valence-corrected chi connectivity index (χ3v) is 7.84. The molecule has 0 spiro atoms. The second-order valence-electron chi connectivity index (χ2n) is 7.68. The summed E-state index contributed by atoms with van der Waals surface area (Å²) in [4.78, 5) is 28.8. The molecule has 160 valence electrons. The van der Waals surface area contributed by atoms with Crippen LogP contribution in [0.5, 0.6) is 0 Å². The van der Waals surface area contributed by atoms with E-state index in [-0.39, 0.29) is 29.0 Å². The molecular weight excluding hydrogens is 396 g/mol. The van der Waals surface area contributed by atoms with Crippen molar-refractivity contribution in [2.75, 3.05) is 33.2 Å². The molecule has 3 heterocycles. The molecule has 0 saturated carbocycles. The number of nitrogens with zero attached hydrogens (tertiary/aromatic N) is 4. The van der Waals surface area contributed by atoms with E-state index in [0.717, 1.165) is 0 Å². The first-order valence-electron chi connectivity index (χ1n) is 9.77. The normalized spacial score (nSPS) is 23.4. The highest BCUT2D eigenvalue weighted by atomic mass is 32.2. The Morgan fingerprint density at radius 2 is 2.07 bits per heavy atom. The van der Waals surface area contributed by atoms with Gasteiger partial charge in [-0.05, 0) is 33.1 Å². The van der Waals surface area contributed by atoms with Crippen LogP contribution in [-0.4, -0.2) is 78.8 Å². The maximum atomic E-state index is 13.1. The van der Waals surface area contributed by atoms with Crippen LogP contribution < -0.4 is 0 Å². The summed E-state index contributed by atoms with van der Waals surface area (Å²) >= 11 is 0. The average molecular weight is 425 g/mol. The molecule has 29 heavy (non-hydrogen) atoms. The summed E-state index contributed by atoms with van der Waals surface area (Å²) in [6.45, 7) is 8.29. The van der Waals surface area contributed by atoms with Gasteiger partial charge in [-0.1, -0.05) is 11.2 Å². The van der Waals surface area contributed by atoms with Gasteiger partial charge in [-0.3, -0.25) is 9.59 Å². The van der Waals surface area contributed by atoms with Gasteiger partial charge in [0.2, 0.25) is 21.8 Å². The Labute approximate surface area is 171 Å². The standard InChI is InChI=1S/C19H28N4O5S/c1-5-9-22-11-8-16(19(22)25)21(4)18(24)15-7-6-10-23(12-15)29(26,27)17-13(2)20-28-14(17)3/h5,15-16H,1,6-12H2,2-4H3/t15-,16-/m1/s1. The van der Waals surface area contributed by atoms with Crippen LogP contribution >= 0.6 is 0 Å². The van der Waals surface area contributed by atoms with Gasteiger partial charge in [-0.2, -0.15) is 4.31 Å². The fourth-order valence-corrected chi connectivity index (χ4v) is 6.01. The fourth-order valence-electron chi connectivity index (χ4n) is 4.19. The lowest BCUT2D eigenvalue weighted by molar-refractivity contribution is -0.143.